The van der Waals surface area contributed by atoms with Crippen molar-refractivity contribution in [1.29, 1.82) is 0 Å². The Kier molecular flexibility index (Phi) is 1.98. The average Bonchev–Trinajstić information content (AvgIpc) is 2.53. The van der Waals surface area contributed by atoms with Gasteiger partial charge in [-0.05, 0) is 28.1 Å². The molecule has 76 valence electrons. The van der Waals surface area contributed by atoms with Gasteiger partial charge in [0.1, 0.15) is 17.0 Å². The fraction of sp³-hybridized carbons (Fsp3) is 0.200. The third-order valence-corrected chi connectivity index (χ3v) is 3.01. The van der Waals surface area contributed by atoms with Crippen LogP contribution in [0.5, 0.6) is 5.88 Å². The second-order valence-corrected chi connectivity index (χ2v) is 4.07. The summed E-state index contributed by atoms with van der Waals surface area (Å²) in [5, 5.41) is 0. The fourth-order valence-corrected chi connectivity index (χ4v) is 2.14. The maximum Gasteiger partial charge on any atom is 0.224 e. The molecule has 0 saturated carbocycles. The van der Waals surface area contributed by atoms with E-state index in [-0.39, 0.29) is 0 Å². The van der Waals surface area contributed by atoms with Gasteiger partial charge in [0.15, 0.2) is 0 Å². The van der Waals surface area contributed by atoms with Crippen LogP contribution >= 0.6 is 15.9 Å². The highest BCUT2D eigenvalue weighted by molar-refractivity contribution is 9.10. The Morgan fingerprint density at radius 1 is 1.40 bits per heavy atom. The fourth-order valence-electron chi connectivity index (χ4n) is 1.69. The van der Waals surface area contributed by atoms with E-state index in [1.54, 1.807) is 12.4 Å². The third-order valence-electron chi connectivity index (χ3n) is 2.37. The lowest BCUT2D eigenvalue weighted by Gasteiger charge is -2.02. The number of hydrogen-bond acceptors (Lipinski definition) is 3. The van der Waals surface area contributed by atoms with Crippen molar-refractivity contribution in [3.8, 4) is 17.3 Å². The van der Waals surface area contributed by atoms with Gasteiger partial charge in [-0.3, -0.25) is 0 Å². The van der Waals surface area contributed by atoms with Crippen molar-refractivity contribution >= 4 is 15.9 Å². The van der Waals surface area contributed by atoms with E-state index < -0.39 is 0 Å². The van der Waals surface area contributed by atoms with Crippen LogP contribution in [-0.2, 0) is 6.54 Å². The highest BCUT2D eigenvalue weighted by Crippen LogP contribution is 2.31. The number of halogens is 1. The van der Waals surface area contributed by atoms with Crippen LogP contribution in [0.2, 0.25) is 0 Å². The molecule has 0 amide bonds. The first kappa shape index (κ1) is 8.91. The molecular formula is C10H8BrN3O. The highest BCUT2D eigenvalue weighted by atomic mass is 79.9. The smallest absolute Gasteiger partial charge is 0.224 e. The maximum atomic E-state index is 5.55. The summed E-state index contributed by atoms with van der Waals surface area (Å²) in [6, 6.07) is 3.86. The van der Waals surface area contributed by atoms with Crippen molar-refractivity contribution in [1.82, 2.24) is 14.5 Å². The number of ether oxygens (including phenoxy) is 1. The van der Waals surface area contributed by atoms with Gasteiger partial charge in [-0.15, -0.1) is 0 Å². The largest absolute Gasteiger partial charge is 0.475 e. The summed E-state index contributed by atoms with van der Waals surface area (Å²) in [4.78, 5) is 8.55. The molecule has 4 nitrogen and oxygen atoms in total. The zero-order valence-electron chi connectivity index (χ0n) is 7.85. The van der Waals surface area contributed by atoms with E-state index in [9.17, 15) is 0 Å². The quantitative estimate of drug-likeness (QED) is 0.733. The first-order valence-corrected chi connectivity index (χ1v) is 5.45. The summed E-state index contributed by atoms with van der Waals surface area (Å²) in [7, 11) is 0. The summed E-state index contributed by atoms with van der Waals surface area (Å²) >= 11 is 3.46. The Bertz CT molecular complexity index is 509. The molecule has 0 fully saturated rings. The summed E-state index contributed by atoms with van der Waals surface area (Å²) in [6.45, 7) is 1.40. The molecule has 0 spiro atoms. The molecule has 0 aromatic carbocycles. The standard InChI is InChI=1S/C10H8BrN3O/c11-8-6-13-9-7-2-1-3-12-10(7)15-5-4-14(8)9/h1-3,6H,4-5H2. The molecule has 2 aromatic heterocycles. The van der Waals surface area contributed by atoms with Crippen LogP contribution < -0.4 is 4.74 Å². The van der Waals surface area contributed by atoms with Crippen LogP contribution in [0.1, 0.15) is 0 Å². The van der Waals surface area contributed by atoms with Gasteiger partial charge in [-0.25, -0.2) is 9.97 Å². The van der Waals surface area contributed by atoms with Gasteiger partial charge in [0.2, 0.25) is 5.88 Å². The number of nitrogens with zero attached hydrogens (tertiary/aromatic N) is 3. The van der Waals surface area contributed by atoms with Gasteiger partial charge in [0.25, 0.3) is 0 Å². The average molecular weight is 266 g/mol. The lowest BCUT2D eigenvalue weighted by Crippen LogP contribution is -2.05. The van der Waals surface area contributed by atoms with Gasteiger partial charge in [0, 0.05) is 6.20 Å². The molecule has 5 heteroatoms. The van der Waals surface area contributed by atoms with Crippen molar-refractivity contribution < 1.29 is 4.74 Å². The van der Waals surface area contributed by atoms with E-state index in [1.165, 1.54) is 0 Å². The summed E-state index contributed by atoms with van der Waals surface area (Å²) in [6.07, 6.45) is 3.53. The minimum Gasteiger partial charge on any atom is -0.475 e. The maximum absolute atomic E-state index is 5.55. The van der Waals surface area contributed by atoms with Crippen LogP contribution in [0.25, 0.3) is 11.4 Å². The molecule has 0 N–H and O–H groups in total. The molecule has 1 aliphatic rings. The number of imidazole rings is 1. The SMILES string of the molecule is Brc1cnc2n1CCOc1ncccc1-2. The van der Waals surface area contributed by atoms with Crippen molar-refractivity contribution in [2.45, 2.75) is 6.54 Å². The Hall–Kier alpha value is -1.36. The topological polar surface area (TPSA) is 39.9 Å². The Morgan fingerprint density at radius 3 is 3.27 bits per heavy atom. The van der Waals surface area contributed by atoms with Crippen LogP contribution in [-0.4, -0.2) is 21.1 Å². The third kappa shape index (κ3) is 1.34. The molecule has 2 aromatic rings. The molecule has 3 rings (SSSR count). The second kappa shape index (κ2) is 3.34. The van der Waals surface area contributed by atoms with Crippen molar-refractivity contribution in [3.63, 3.8) is 0 Å². The zero-order chi connectivity index (χ0) is 10.3. The van der Waals surface area contributed by atoms with E-state index in [2.05, 4.69) is 30.5 Å². The van der Waals surface area contributed by atoms with Gasteiger partial charge in [0.05, 0.1) is 18.3 Å². The summed E-state index contributed by atoms with van der Waals surface area (Å²) in [5.41, 5.74) is 0.945. The van der Waals surface area contributed by atoms with E-state index >= 15 is 0 Å². The number of fused-ring (bicyclic) bond motifs is 3. The molecule has 0 aliphatic carbocycles. The monoisotopic (exact) mass is 265 g/mol. The van der Waals surface area contributed by atoms with Gasteiger partial charge in [-0.2, -0.15) is 0 Å². The molecule has 0 radical (unpaired) electrons. The summed E-state index contributed by atoms with van der Waals surface area (Å²) in [5.74, 6) is 1.57. The van der Waals surface area contributed by atoms with Gasteiger partial charge >= 0.3 is 0 Å². The second-order valence-electron chi connectivity index (χ2n) is 3.26. The van der Waals surface area contributed by atoms with Crippen molar-refractivity contribution in [2.75, 3.05) is 6.61 Å². The molecule has 3 heterocycles. The molecule has 0 saturated heterocycles. The minimum atomic E-state index is 0.617. The number of aromatic nitrogens is 3. The van der Waals surface area contributed by atoms with E-state index in [1.807, 2.05) is 12.1 Å². The highest BCUT2D eigenvalue weighted by Gasteiger charge is 2.18. The number of rotatable bonds is 0. The van der Waals surface area contributed by atoms with Crippen molar-refractivity contribution in [2.24, 2.45) is 0 Å². The molecule has 0 bridgehead atoms. The lowest BCUT2D eigenvalue weighted by atomic mass is 10.2. The number of pyridine rings is 1. The zero-order valence-corrected chi connectivity index (χ0v) is 9.44. The van der Waals surface area contributed by atoms with Crippen molar-refractivity contribution in [3.05, 3.63) is 29.1 Å². The first-order valence-electron chi connectivity index (χ1n) is 4.65. The molecular weight excluding hydrogens is 258 g/mol. The lowest BCUT2D eigenvalue weighted by molar-refractivity contribution is 0.295. The Labute approximate surface area is 95.1 Å². The number of hydrogen-bond donors (Lipinski definition) is 0. The molecule has 0 atom stereocenters. The Balaban J connectivity index is 2.27. The molecule has 15 heavy (non-hydrogen) atoms. The molecule has 1 aliphatic heterocycles. The first-order chi connectivity index (χ1) is 7.36. The predicted octanol–water partition coefficient (Wildman–Crippen LogP) is 2.10. The van der Waals surface area contributed by atoms with Gasteiger partial charge in [-0.1, -0.05) is 0 Å². The van der Waals surface area contributed by atoms with E-state index in [0.29, 0.717) is 12.5 Å². The van der Waals surface area contributed by atoms with E-state index in [4.69, 9.17) is 4.74 Å². The van der Waals surface area contributed by atoms with E-state index in [0.717, 1.165) is 22.5 Å². The summed E-state index contributed by atoms with van der Waals surface area (Å²) < 4.78 is 8.60. The van der Waals surface area contributed by atoms with Crippen LogP contribution in [0, 0.1) is 0 Å². The van der Waals surface area contributed by atoms with Crippen LogP contribution in [0.3, 0.4) is 0 Å². The van der Waals surface area contributed by atoms with Crippen LogP contribution in [0.15, 0.2) is 29.1 Å². The normalized spacial score (nSPS) is 13.7. The predicted molar refractivity (Wildman–Crippen MR) is 58.7 cm³/mol. The minimum absolute atomic E-state index is 0.617. The molecule has 0 unspecified atom stereocenters. The Morgan fingerprint density at radius 2 is 2.33 bits per heavy atom. The van der Waals surface area contributed by atoms with Gasteiger partial charge < -0.3 is 9.30 Å². The van der Waals surface area contributed by atoms with Crippen LogP contribution in [0.4, 0.5) is 0 Å².